The molecule has 1 amide bonds. The summed E-state index contributed by atoms with van der Waals surface area (Å²) < 4.78 is 11.2. The van der Waals surface area contributed by atoms with E-state index >= 15 is 0 Å². The Kier molecular flexibility index (Phi) is 5.27. The Morgan fingerprint density at radius 3 is 2.74 bits per heavy atom. The van der Waals surface area contributed by atoms with Crippen molar-refractivity contribution in [1.82, 2.24) is 10.2 Å². The summed E-state index contributed by atoms with van der Waals surface area (Å²) in [4.78, 5) is 14.5. The molecule has 0 aliphatic carbocycles. The number of carbonyl (C=O) groups is 1. The number of ether oxygens (including phenoxy) is 2. The summed E-state index contributed by atoms with van der Waals surface area (Å²) in [7, 11) is 0. The number of amides is 1. The predicted molar refractivity (Wildman–Crippen MR) is 101 cm³/mol. The molecule has 6 nitrogen and oxygen atoms in total. The van der Waals surface area contributed by atoms with Gasteiger partial charge in [-0.25, -0.2) is 0 Å². The molecule has 0 radical (unpaired) electrons. The molecular weight excluding hydrogens is 344 g/mol. The maximum absolute atomic E-state index is 12.3. The Bertz CT molecular complexity index is 810. The van der Waals surface area contributed by atoms with Gasteiger partial charge in [0.1, 0.15) is 6.61 Å². The number of fused-ring (bicyclic) bond motifs is 2. The SMILES string of the molecule is O=C(NC[C@H](O)CN1CCc2ccccc2C1)C1COc2ccccc2O1. The van der Waals surface area contributed by atoms with Gasteiger partial charge in [0.15, 0.2) is 11.5 Å². The smallest absolute Gasteiger partial charge is 0.264 e. The van der Waals surface area contributed by atoms with Crippen LogP contribution in [0.1, 0.15) is 11.1 Å². The normalized spacial score (nSPS) is 19.8. The number of aliphatic hydroxyl groups is 1. The summed E-state index contributed by atoms with van der Waals surface area (Å²) in [5.41, 5.74) is 2.69. The standard InChI is InChI=1S/C21H24N2O4/c24-17(13-23-10-9-15-5-1-2-6-16(15)12-23)11-22-21(25)20-14-26-18-7-3-4-8-19(18)27-20/h1-8,17,20,24H,9-14H2,(H,22,25)/t17-,20?/m0/s1. The largest absolute Gasteiger partial charge is 0.485 e. The Morgan fingerprint density at radius 2 is 1.89 bits per heavy atom. The van der Waals surface area contributed by atoms with Crippen LogP contribution in [0.15, 0.2) is 48.5 Å². The zero-order valence-corrected chi connectivity index (χ0v) is 15.1. The molecule has 142 valence electrons. The van der Waals surface area contributed by atoms with E-state index in [0.29, 0.717) is 18.0 Å². The summed E-state index contributed by atoms with van der Waals surface area (Å²) >= 11 is 0. The van der Waals surface area contributed by atoms with Crippen LogP contribution in [0.3, 0.4) is 0 Å². The van der Waals surface area contributed by atoms with Gasteiger partial charge in [-0.3, -0.25) is 9.69 Å². The lowest BCUT2D eigenvalue weighted by Gasteiger charge is -2.30. The summed E-state index contributed by atoms with van der Waals surface area (Å²) in [6, 6.07) is 15.7. The van der Waals surface area contributed by atoms with Gasteiger partial charge in [0.05, 0.1) is 6.10 Å². The second kappa shape index (κ2) is 7.98. The fourth-order valence-corrected chi connectivity index (χ4v) is 3.55. The Labute approximate surface area is 158 Å². The number of β-amino-alcohol motifs (C(OH)–C–C–N with tert-alkyl or cyclic N) is 1. The first-order valence-corrected chi connectivity index (χ1v) is 9.32. The third-order valence-electron chi connectivity index (χ3n) is 4.99. The number of nitrogens with zero attached hydrogens (tertiary/aromatic N) is 1. The number of hydrogen-bond acceptors (Lipinski definition) is 5. The van der Waals surface area contributed by atoms with Crippen LogP contribution in [0.4, 0.5) is 0 Å². The van der Waals surface area contributed by atoms with Crippen molar-refractivity contribution in [3.8, 4) is 11.5 Å². The lowest BCUT2D eigenvalue weighted by atomic mass is 10.00. The molecule has 0 spiro atoms. The van der Waals surface area contributed by atoms with Gasteiger partial charge in [-0.1, -0.05) is 36.4 Å². The fraction of sp³-hybridized carbons (Fsp3) is 0.381. The van der Waals surface area contributed by atoms with Crippen molar-refractivity contribution in [3.63, 3.8) is 0 Å². The minimum absolute atomic E-state index is 0.169. The molecule has 27 heavy (non-hydrogen) atoms. The summed E-state index contributed by atoms with van der Waals surface area (Å²) in [6.45, 7) is 2.63. The molecular formula is C21H24N2O4. The van der Waals surface area contributed by atoms with E-state index in [2.05, 4.69) is 28.4 Å². The molecule has 2 aromatic carbocycles. The highest BCUT2D eigenvalue weighted by Crippen LogP contribution is 2.30. The molecule has 0 saturated carbocycles. The first-order chi connectivity index (χ1) is 13.2. The summed E-state index contributed by atoms with van der Waals surface area (Å²) in [5.74, 6) is 0.941. The number of hydrogen-bond donors (Lipinski definition) is 2. The van der Waals surface area contributed by atoms with E-state index in [-0.39, 0.29) is 19.1 Å². The van der Waals surface area contributed by atoms with Gasteiger partial charge in [-0.2, -0.15) is 0 Å². The first kappa shape index (κ1) is 17.8. The van der Waals surface area contributed by atoms with Gasteiger partial charge in [0.25, 0.3) is 5.91 Å². The van der Waals surface area contributed by atoms with Gasteiger partial charge in [0, 0.05) is 26.2 Å². The van der Waals surface area contributed by atoms with Crippen molar-refractivity contribution >= 4 is 5.91 Å². The van der Waals surface area contributed by atoms with Crippen LogP contribution < -0.4 is 14.8 Å². The van der Waals surface area contributed by atoms with Crippen LogP contribution in [0.5, 0.6) is 11.5 Å². The highest BCUT2D eigenvalue weighted by Gasteiger charge is 2.27. The van der Waals surface area contributed by atoms with E-state index < -0.39 is 12.2 Å². The van der Waals surface area contributed by atoms with E-state index in [1.165, 1.54) is 11.1 Å². The second-order valence-corrected chi connectivity index (χ2v) is 7.02. The number of benzene rings is 2. The second-order valence-electron chi connectivity index (χ2n) is 7.02. The van der Waals surface area contributed by atoms with E-state index in [4.69, 9.17) is 9.47 Å². The zero-order valence-electron chi connectivity index (χ0n) is 15.1. The van der Waals surface area contributed by atoms with Crippen LogP contribution >= 0.6 is 0 Å². The Balaban J connectivity index is 1.24. The van der Waals surface area contributed by atoms with Crippen molar-refractivity contribution in [1.29, 1.82) is 0 Å². The molecule has 1 unspecified atom stereocenters. The number of nitrogens with one attached hydrogen (secondary N) is 1. The summed E-state index contributed by atoms with van der Waals surface area (Å²) in [5, 5.41) is 13.1. The van der Waals surface area contributed by atoms with E-state index in [1.807, 2.05) is 24.3 Å². The predicted octanol–water partition coefficient (Wildman–Crippen LogP) is 1.36. The lowest BCUT2D eigenvalue weighted by Crippen LogP contribution is -2.48. The molecule has 2 aliphatic rings. The lowest BCUT2D eigenvalue weighted by molar-refractivity contribution is -0.130. The number of para-hydroxylation sites is 2. The van der Waals surface area contributed by atoms with Crippen molar-refractivity contribution in [2.24, 2.45) is 0 Å². The molecule has 2 N–H and O–H groups in total. The highest BCUT2D eigenvalue weighted by molar-refractivity contribution is 5.81. The van der Waals surface area contributed by atoms with Gasteiger partial charge in [-0.05, 0) is 29.7 Å². The molecule has 0 bridgehead atoms. The minimum Gasteiger partial charge on any atom is -0.485 e. The van der Waals surface area contributed by atoms with Crippen molar-refractivity contribution in [2.45, 2.75) is 25.2 Å². The molecule has 0 saturated heterocycles. The average Bonchev–Trinajstić information content (AvgIpc) is 2.71. The van der Waals surface area contributed by atoms with Crippen LogP contribution in [-0.2, 0) is 17.8 Å². The third-order valence-corrected chi connectivity index (χ3v) is 4.99. The monoisotopic (exact) mass is 368 g/mol. The maximum atomic E-state index is 12.3. The highest BCUT2D eigenvalue weighted by atomic mass is 16.6. The van der Waals surface area contributed by atoms with Crippen molar-refractivity contribution < 1.29 is 19.4 Å². The van der Waals surface area contributed by atoms with Crippen LogP contribution in [-0.4, -0.2) is 54.4 Å². The van der Waals surface area contributed by atoms with Crippen LogP contribution in [0.2, 0.25) is 0 Å². The van der Waals surface area contributed by atoms with Crippen molar-refractivity contribution in [3.05, 3.63) is 59.7 Å². The molecule has 0 aromatic heterocycles. The van der Waals surface area contributed by atoms with Crippen molar-refractivity contribution in [2.75, 3.05) is 26.2 Å². The Morgan fingerprint density at radius 1 is 1.15 bits per heavy atom. The number of carbonyl (C=O) groups excluding carboxylic acids is 1. The quantitative estimate of drug-likeness (QED) is 0.834. The minimum atomic E-state index is -0.700. The fourth-order valence-electron chi connectivity index (χ4n) is 3.55. The third kappa shape index (κ3) is 4.23. The number of rotatable bonds is 5. The maximum Gasteiger partial charge on any atom is 0.264 e. The molecule has 2 heterocycles. The zero-order chi connectivity index (χ0) is 18.6. The van der Waals surface area contributed by atoms with E-state index in [1.54, 1.807) is 6.07 Å². The van der Waals surface area contributed by atoms with Gasteiger partial charge >= 0.3 is 0 Å². The van der Waals surface area contributed by atoms with Gasteiger partial charge in [0.2, 0.25) is 6.10 Å². The molecule has 6 heteroatoms. The number of aliphatic hydroxyl groups excluding tert-OH is 1. The van der Waals surface area contributed by atoms with E-state index in [9.17, 15) is 9.90 Å². The summed E-state index contributed by atoms with van der Waals surface area (Å²) in [6.07, 6.45) is -0.341. The van der Waals surface area contributed by atoms with Crippen LogP contribution in [0.25, 0.3) is 0 Å². The van der Waals surface area contributed by atoms with Crippen LogP contribution in [0, 0.1) is 0 Å². The topological polar surface area (TPSA) is 71.0 Å². The van der Waals surface area contributed by atoms with E-state index in [0.717, 1.165) is 19.5 Å². The average molecular weight is 368 g/mol. The molecule has 2 aliphatic heterocycles. The molecule has 0 fully saturated rings. The van der Waals surface area contributed by atoms with Gasteiger partial charge in [-0.15, -0.1) is 0 Å². The molecule has 2 aromatic rings. The Hall–Kier alpha value is -2.57. The first-order valence-electron chi connectivity index (χ1n) is 9.32. The molecule has 4 rings (SSSR count). The molecule has 2 atom stereocenters. The van der Waals surface area contributed by atoms with Gasteiger partial charge < -0.3 is 19.9 Å².